The van der Waals surface area contributed by atoms with E-state index in [1.807, 2.05) is 0 Å². The average Bonchev–Trinajstić information content (AvgIpc) is 2.38. The fourth-order valence-electron chi connectivity index (χ4n) is 2.33. The van der Waals surface area contributed by atoms with Crippen LogP contribution in [0.15, 0.2) is 22.7 Å². The highest BCUT2D eigenvalue weighted by Crippen LogP contribution is 2.23. The summed E-state index contributed by atoms with van der Waals surface area (Å²) >= 11 is 3.28. The van der Waals surface area contributed by atoms with Gasteiger partial charge in [0.05, 0.1) is 17.3 Å². The molecular formula is C14H17BrN2O3. The zero-order valence-electron chi connectivity index (χ0n) is 11.1. The number of hydrogen-bond acceptors (Lipinski definition) is 3. The first-order valence-corrected chi connectivity index (χ1v) is 7.33. The first-order chi connectivity index (χ1) is 9.47. The van der Waals surface area contributed by atoms with E-state index in [1.54, 1.807) is 12.1 Å². The van der Waals surface area contributed by atoms with E-state index in [9.17, 15) is 9.59 Å². The first kappa shape index (κ1) is 15.0. The van der Waals surface area contributed by atoms with Crippen molar-refractivity contribution in [3.63, 3.8) is 0 Å². The van der Waals surface area contributed by atoms with Crippen LogP contribution >= 0.6 is 15.9 Å². The molecule has 6 heteroatoms. The Morgan fingerprint density at radius 1 is 1.45 bits per heavy atom. The zero-order valence-corrected chi connectivity index (χ0v) is 12.7. The lowest BCUT2D eigenvalue weighted by atomic mass is 9.94. The molecule has 0 bridgehead atoms. The molecule has 2 unspecified atom stereocenters. The van der Waals surface area contributed by atoms with Gasteiger partial charge >= 0.3 is 5.97 Å². The molecule has 0 spiro atoms. The van der Waals surface area contributed by atoms with Gasteiger partial charge in [-0.05, 0) is 43.5 Å². The van der Waals surface area contributed by atoms with Gasteiger partial charge in [-0.3, -0.25) is 4.79 Å². The molecule has 0 aliphatic carbocycles. The van der Waals surface area contributed by atoms with E-state index in [-0.39, 0.29) is 17.5 Å². The molecule has 1 amide bonds. The molecule has 1 saturated heterocycles. The number of halogens is 1. The van der Waals surface area contributed by atoms with Crippen molar-refractivity contribution in [3.05, 3.63) is 28.2 Å². The van der Waals surface area contributed by atoms with Crippen LogP contribution in [0.2, 0.25) is 0 Å². The van der Waals surface area contributed by atoms with Gasteiger partial charge in [-0.1, -0.05) is 22.9 Å². The normalized spacial score (nSPS) is 22.3. The highest BCUT2D eigenvalue weighted by Gasteiger charge is 2.25. The number of carbonyl (C=O) groups excluding carboxylic acids is 1. The van der Waals surface area contributed by atoms with Crippen LogP contribution < -0.4 is 10.6 Å². The second-order valence-corrected chi connectivity index (χ2v) is 6.04. The van der Waals surface area contributed by atoms with Crippen molar-refractivity contribution in [2.45, 2.75) is 25.8 Å². The number of hydrogen-bond donors (Lipinski definition) is 3. The summed E-state index contributed by atoms with van der Waals surface area (Å²) in [6, 6.07) is 4.45. The molecule has 2 atom stereocenters. The molecule has 3 N–H and O–H groups in total. The van der Waals surface area contributed by atoms with Gasteiger partial charge in [-0.25, -0.2) is 4.79 Å². The summed E-state index contributed by atoms with van der Waals surface area (Å²) in [6.45, 7) is 2.92. The van der Waals surface area contributed by atoms with E-state index < -0.39 is 5.97 Å². The number of benzene rings is 1. The summed E-state index contributed by atoms with van der Waals surface area (Å²) < 4.78 is 0.725. The van der Waals surface area contributed by atoms with Crippen molar-refractivity contribution in [1.29, 1.82) is 0 Å². The Balaban J connectivity index is 2.14. The van der Waals surface area contributed by atoms with E-state index >= 15 is 0 Å². The Labute approximate surface area is 125 Å². The molecule has 0 saturated carbocycles. The maximum atomic E-state index is 12.2. The summed E-state index contributed by atoms with van der Waals surface area (Å²) in [4.78, 5) is 23.4. The standard InChI is InChI=1S/C14H17BrN2O3/c1-8-4-5-16-12(6-8)13(18)17-11-7-9(15)2-3-10(11)14(19)20/h2-3,7-8,12,16H,4-6H2,1H3,(H,17,18)(H,19,20). The summed E-state index contributed by atoms with van der Waals surface area (Å²) in [7, 11) is 0. The Morgan fingerprint density at radius 2 is 2.20 bits per heavy atom. The zero-order chi connectivity index (χ0) is 14.7. The molecule has 2 rings (SSSR count). The van der Waals surface area contributed by atoms with Crippen LogP contribution in [0.5, 0.6) is 0 Å². The molecule has 108 valence electrons. The third-order valence-corrected chi connectivity index (χ3v) is 3.95. The van der Waals surface area contributed by atoms with Crippen molar-refractivity contribution in [2.24, 2.45) is 5.92 Å². The van der Waals surface area contributed by atoms with Crippen LogP contribution in [0.4, 0.5) is 5.69 Å². The van der Waals surface area contributed by atoms with E-state index in [0.717, 1.165) is 23.9 Å². The van der Waals surface area contributed by atoms with Crippen LogP contribution in [0.25, 0.3) is 0 Å². The molecule has 1 heterocycles. The summed E-state index contributed by atoms with van der Waals surface area (Å²) in [5, 5.41) is 15.0. The van der Waals surface area contributed by atoms with Gasteiger partial charge in [-0.15, -0.1) is 0 Å². The van der Waals surface area contributed by atoms with Crippen LogP contribution in [0, 0.1) is 5.92 Å². The maximum absolute atomic E-state index is 12.2. The Morgan fingerprint density at radius 3 is 2.85 bits per heavy atom. The van der Waals surface area contributed by atoms with E-state index in [0.29, 0.717) is 11.6 Å². The van der Waals surface area contributed by atoms with Gasteiger partial charge in [0.2, 0.25) is 5.91 Å². The lowest BCUT2D eigenvalue weighted by Crippen LogP contribution is -2.45. The van der Waals surface area contributed by atoms with Crippen LogP contribution in [0.1, 0.15) is 30.1 Å². The van der Waals surface area contributed by atoms with Gasteiger partial charge in [0.25, 0.3) is 0 Å². The third-order valence-electron chi connectivity index (χ3n) is 3.45. The van der Waals surface area contributed by atoms with E-state index in [4.69, 9.17) is 5.11 Å². The van der Waals surface area contributed by atoms with Crippen molar-refractivity contribution in [1.82, 2.24) is 5.32 Å². The van der Waals surface area contributed by atoms with Gasteiger partial charge in [0.1, 0.15) is 0 Å². The molecule has 1 aromatic rings. The molecule has 1 fully saturated rings. The second-order valence-electron chi connectivity index (χ2n) is 5.12. The molecule has 1 aliphatic rings. The SMILES string of the molecule is CC1CCNC(C(=O)Nc2cc(Br)ccc2C(=O)O)C1. The predicted molar refractivity (Wildman–Crippen MR) is 79.9 cm³/mol. The lowest BCUT2D eigenvalue weighted by Gasteiger charge is -2.27. The fourth-order valence-corrected chi connectivity index (χ4v) is 2.69. The minimum atomic E-state index is -1.06. The monoisotopic (exact) mass is 340 g/mol. The summed E-state index contributed by atoms with van der Waals surface area (Å²) in [6.07, 6.45) is 1.82. The Kier molecular flexibility index (Phi) is 4.77. The van der Waals surface area contributed by atoms with Gasteiger partial charge in [0, 0.05) is 4.47 Å². The number of piperidine rings is 1. The quantitative estimate of drug-likeness (QED) is 0.789. The van der Waals surface area contributed by atoms with Gasteiger partial charge in [0.15, 0.2) is 0 Å². The first-order valence-electron chi connectivity index (χ1n) is 6.54. The predicted octanol–water partition coefficient (Wildman–Crippen LogP) is 2.47. The number of nitrogens with one attached hydrogen (secondary N) is 2. The average molecular weight is 341 g/mol. The maximum Gasteiger partial charge on any atom is 0.337 e. The number of carboxylic acid groups (broad SMARTS) is 1. The number of anilines is 1. The fraction of sp³-hybridized carbons (Fsp3) is 0.429. The number of amides is 1. The smallest absolute Gasteiger partial charge is 0.337 e. The molecule has 1 aliphatic heterocycles. The molecule has 1 aromatic carbocycles. The van der Waals surface area contributed by atoms with Crippen molar-refractivity contribution in [2.75, 3.05) is 11.9 Å². The summed E-state index contributed by atoms with van der Waals surface area (Å²) in [5.74, 6) is -0.747. The van der Waals surface area contributed by atoms with Gasteiger partial charge < -0.3 is 15.7 Å². The van der Waals surface area contributed by atoms with E-state index in [1.165, 1.54) is 6.07 Å². The van der Waals surface area contributed by atoms with Crippen LogP contribution in [-0.4, -0.2) is 29.6 Å². The molecule has 5 nitrogen and oxygen atoms in total. The highest BCUT2D eigenvalue weighted by atomic mass is 79.9. The summed E-state index contributed by atoms with van der Waals surface area (Å²) in [5.41, 5.74) is 0.405. The van der Waals surface area contributed by atoms with Crippen LogP contribution in [0.3, 0.4) is 0 Å². The third kappa shape index (κ3) is 3.58. The number of aromatic carboxylic acids is 1. The van der Waals surface area contributed by atoms with Crippen molar-refractivity contribution < 1.29 is 14.7 Å². The largest absolute Gasteiger partial charge is 0.478 e. The highest BCUT2D eigenvalue weighted by molar-refractivity contribution is 9.10. The number of carbonyl (C=O) groups is 2. The molecule has 0 radical (unpaired) electrons. The van der Waals surface area contributed by atoms with E-state index in [2.05, 4.69) is 33.5 Å². The van der Waals surface area contributed by atoms with Crippen molar-refractivity contribution in [3.8, 4) is 0 Å². The number of rotatable bonds is 3. The van der Waals surface area contributed by atoms with Gasteiger partial charge in [-0.2, -0.15) is 0 Å². The minimum Gasteiger partial charge on any atom is -0.478 e. The molecule has 20 heavy (non-hydrogen) atoms. The Bertz CT molecular complexity index is 533. The van der Waals surface area contributed by atoms with Crippen LogP contribution in [-0.2, 0) is 4.79 Å². The molecule has 0 aromatic heterocycles. The second kappa shape index (κ2) is 6.37. The minimum absolute atomic E-state index is 0.0883. The Hall–Kier alpha value is -1.40. The lowest BCUT2D eigenvalue weighted by molar-refractivity contribution is -0.119. The van der Waals surface area contributed by atoms with Crippen molar-refractivity contribution >= 4 is 33.5 Å². The topological polar surface area (TPSA) is 78.4 Å². The molecular weight excluding hydrogens is 324 g/mol. The number of carboxylic acids is 1.